The fourth-order valence-electron chi connectivity index (χ4n) is 8.92. The lowest BCUT2D eigenvalue weighted by atomic mass is 9.98. The zero-order valence-electron chi connectivity index (χ0n) is 49.6. The standard InChI is InChI=1S/C67H110O12/c1-4-7-10-13-16-19-22-25-28-29-30-31-34-37-40-43-46-49-52-55-61(70)78-65-63(72)62(71)64(66(73)74)79-67(65)76-57-58(77-60(69)54-51-48-45-42-39-36-33-27-24-21-18-15-12-9-6-3)56-75-59(68)53-50-47-44-41-38-35-32-26-23-20-17-14-11-8-5-2/h8,11,16-17,19-20,25-26,28,30-32,38,41,47,50,58,62-65,67,71-72H,4-7,9-10,12-15,18,21-24,27,29,33-37,39-40,42-46,48-49,51-57H2,1-3H3,(H,73,74)/b11-8-,19-16-,20-17-,28-25-,31-30-,32-26-,41-38-,50-47-. The van der Waals surface area contributed by atoms with Crippen molar-refractivity contribution < 1.29 is 58.2 Å². The Morgan fingerprint density at radius 3 is 1.30 bits per heavy atom. The van der Waals surface area contributed by atoms with Crippen molar-refractivity contribution in [1.29, 1.82) is 0 Å². The van der Waals surface area contributed by atoms with Gasteiger partial charge in [-0.15, -0.1) is 0 Å². The molecular formula is C67H110O12. The third-order valence-corrected chi connectivity index (χ3v) is 13.7. The molecule has 0 saturated carbocycles. The monoisotopic (exact) mass is 1110 g/mol. The van der Waals surface area contributed by atoms with E-state index in [2.05, 4.69) is 99.8 Å². The van der Waals surface area contributed by atoms with Crippen molar-refractivity contribution >= 4 is 23.9 Å². The fraction of sp³-hybridized carbons (Fsp3) is 0.701. The molecule has 0 spiro atoms. The highest BCUT2D eigenvalue weighted by Crippen LogP contribution is 2.26. The van der Waals surface area contributed by atoms with E-state index in [1.807, 2.05) is 12.2 Å². The summed E-state index contributed by atoms with van der Waals surface area (Å²) in [4.78, 5) is 51.2. The highest BCUT2D eigenvalue weighted by Gasteiger charge is 2.50. The summed E-state index contributed by atoms with van der Waals surface area (Å²) in [5, 5.41) is 31.5. The summed E-state index contributed by atoms with van der Waals surface area (Å²) >= 11 is 0. The van der Waals surface area contributed by atoms with Crippen LogP contribution in [0.1, 0.15) is 252 Å². The Labute approximate surface area is 479 Å². The molecule has 0 amide bonds. The van der Waals surface area contributed by atoms with Crippen LogP contribution in [0, 0.1) is 0 Å². The molecule has 0 aliphatic carbocycles. The Hall–Kier alpha value is -4.36. The van der Waals surface area contributed by atoms with Crippen LogP contribution in [-0.2, 0) is 42.9 Å². The number of aliphatic hydroxyl groups is 2. The lowest BCUT2D eigenvalue weighted by molar-refractivity contribution is -0.301. The molecule has 0 bridgehead atoms. The molecule has 1 saturated heterocycles. The smallest absolute Gasteiger partial charge is 0.335 e. The Morgan fingerprint density at radius 1 is 0.443 bits per heavy atom. The third kappa shape index (κ3) is 44.0. The molecular weight excluding hydrogens is 997 g/mol. The van der Waals surface area contributed by atoms with Gasteiger partial charge in [-0.1, -0.05) is 246 Å². The minimum absolute atomic E-state index is 0.0177. The first kappa shape index (κ1) is 72.7. The van der Waals surface area contributed by atoms with Gasteiger partial charge in [0, 0.05) is 12.8 Å². The lowest BCUT2D eigenvalue weighted by Gasteiger charge is -2.40. The number of unbranched alkanes of at least 4 members (excludes halogenated alkanes) is 23. The van der Waals surface area contributed by atoms with Crippen molar-refractivity contribution in [1.82, 2.24) is 0 Å². The van der Waals surface area contributed by atoms with E-state index >= 15 is 0 Å². The molecule has 6 atom stereocenters. The summed E-state index contributed by atoms with van der Waals surface area (Å²) in [5.74, 6) is -3.30. The zero-order valence-corrected chi connectivity index (χ0v) is 49.6. The van der Waals surface area contributed by atoms with E-state index in [9.17, 15) is 34.5 Å². The molecule has 1 fully saturated rings. The van der Waals surface area contributed by atoms with E-state index < -0.39 is 67.3 Å². The molecule has 1 heterocycles. The average molecular weight is 1110 g/mol. The Bertz CT molecular complexity index is 1740. The zero-order chi connectivity index (χ0) is 57.5. The summed E-state index contributed by atoms with van der Waals surface area (Å²) in [6.45, 7) is 5.77. The summed E-state index contributed by atoms with van der Waals surface area (Å²) in [7, 11) is 0. The molecule has 1 aliphatic heterocycles. The van der Waals surface area contributed by atoms with Gasteiger partial charge in [-0.2, -0.15) is 0 Å². The largest absolute Gasteiger partial charge is 0.479 e. The molecule has 1 aliphatic rings. The second kappa shape index (κ2) is 54.2. The number of allylic oxidation sites excluding steroid dienone is 15. The number of esters is 3. The van der Waals surface area contributed by atoms with Gasteiger partial charge in [-0.25, -0.2) is 4.79 Å². The van der Waals surface area contributed by atoms with Gasteiger partial charge in [0.1, 0.15) is 18.8 Å². The number of carboxylic acids is 1. The normalized spacial score (nSPS) is 18.5. The van der Waals surface area contributed by atoms with Gasteiger partial charge in [0.2, 0.25) is 0 Å². The molecule has 0 aromatic heterocycles. The minimum atomic E-state index is -1.92. The van der Waals surface area contributed by atoms with Crippen LogP contribution in [-0.4, -0.2) is 89.2 Å². The number of carboxylic acid groups (broad SMARTS) is 1. The highest BCUT2D eigenvalue weighted by molar-refractivity contribution is 5.74. The van der Waals surface area contributed by atoms with E-state index in [1.54, 1.807) is 6.08 Å². The quantitative estimate of drug-likeness (QED) is 0.0228. The van der Waals surface area contributed by atoms with Gasteiger partial charge in [-0.05, 0) is 83.5 Å². The number of hydrogen-bond donors (Lipinski definition) is 3. The van der Waals surface area contributed by atoms with Crippen molar-refractivity contribution in [3.63, 3.8) is 0 Å². The SMILES string of the molecule is CC/C=C\C/C=C\C/C=C\C/C=C\C/C=C\CC(=O)OCC(COC1OC(C(=O)O)C(O)C(O)C1OC(=O)CCCCCCCC/C=C\C/C=C\C/C=C\CCCCC)OC(=O)CCCCCCCCCCCCCCCCC. The number of ether oxygens (including phenoxy) is 5. The summed E-state index contributed by atoms with van der Waals surface area (Å²) < 4.78 is 28.4. The summed E-state index contributed by atoms with van der Waals surface area (Å²) in [6.07, 6.45) is 59.6. The number of aliphatic hydroxyl groups excluding tert-OH is 2. The number of carbonyl (C=O) groups excluding carboxylic acids is 3. The van der Waals surface area contributed by atoms with Crippen molar-refractivity contribution in [3.05, 3.63) is 97.2 Å². The molecule has 12 nitrogen and oxygen atoms in total. The molecule has 1 rings (SSSR count). The maximum Gasteiger partial charge on any atom is 0.335 e. The first-order valence-electron chi connectivity index (χ1n) is 31.2. The van der Waals surface area contributed by atoms with E-state index in [1.165, 1.54) is 89.9 Å². The minimum Gasteiger partial charge on any atom is -0.479 e. The molecule has 450 valence electrons. The second-order valence-corrected chi connectivity index (χ2v) is 21.0. The van der Waals surface area contributed by atoms with Crippen LogP contribution in [0.4, 0.5) is 0 Å². The number of carbonyl (C=O) groups is 4. The van der Waals surface area contributed by atoms with Crippen molar-refractivity contribution in [2.24, 2.45) is 0 Å². The van der Waals surface area contributed by atoms with Crippen LogP contribution in [0.25, 0.3) is 0 Å². The van der Waals surface area contributed by atoms with Crippen LogP contribution in [0.3, 0.4) is 0 Å². The predicted octanol–water partition coefficient (Wildman–Crippen LogP) is 16.5. The number of hydrogen-bond acceptors (Lipinski definition) is 11. The highest BCUT2D eigenvalue weighted by atomic mass is 16.7. The third-order valence-electron chi connectivity index (χ3n) is 13.7. The van der Waals surface area contributed by atoms with Crippen LogP contribution in [0.5, 0.6) is 0 Å². The van der Waals surface area contributed by atoms with Crippen LogP contribution < -0.4 is 0 Å². The molecule has 6 unspecified atom stereocenters. The molecule has 12 heteroatoms. The first-order valence-corrected chi connectivity index (χ1v) is 31.2. The first-order chi connectivity index (χ1) is 38.6. The van der Waals surface area contributed by atoms with Gasteiger partial charge in [0.25, 0.3) is 0 Å². The number of rotatable bonds is 52. The molecule has 0 aromatic rings. The maximum atomic E-state index is 13.2. The van der Waals surface area contributed by atoms with E-state index in [0.29, 0.717) is 19.3 Å². The lowest BCUT2D eigenvalue weighted by Crippen LogP contribution is -2.61. The molecule has 0 aromatic carbocycles. The summed E-state index contributed by atoms with van der Waals surface area (Å²) in [5.41, 5.74) is 0. The van der Waals surface area contributed by atoms with Gasteiger partial charge >= 0.3 is 23.9 Å². The topological polar surface area (TPSA) is 175 Å². The van der Waals surface area contributed by atoms with Crippen LogP contribution in [0.15, 0.2) is 97.2 Å². The molecule has 3 N–H and O–H groups in total. The summed E-state index contributed by atoms with van der Waals surface area (Å²) in [6, 6.07) is 0. The number of aliphatic carboxylic acids is 1. The van der Waals surface area contributed by atoms with Crippen molar-refractivity contribution in [3.8, 4) is 0 Å². The van der Waals surface area contributed by atoms with Crippen molar-refractivity contribution in [2.45, 2.75) is 289 Å². The Kier molecular flexibility index (Phi) is 49.9. The average Bonchev–Trinajstić information content (AvgIpc) is 3.46. The fourth-order valence-corrected chi connectivity index (χ4v) is 8.92. The van der Waals surface area contributed by atoms with Gasteiger partial charge in [-0.3, -0.25) is 14.4 Å². The Balaban J connectivity index is 2.72. The maximum absolute atomic E-state index is 13.2. The predicted molar refractivity (Wildman–Crippen MR) is 321 cm³/mol. The van der Waals surface area contributed by atoms with E-state index in [0.717, 1.165) is 103 Å². The Morgan fingerprint density at radius 2 is 0.835 bits per heavy atom. The van der Waals surface area contributed by atoms with Gasteiger partial charge in [0.05, 0.1) is 13.0 Å². The molecule has 79 heavy (non-hydrogen) atoms. The van der Waals surface area contributed by atoms with Crippen LogP contribution in [0.2, 0.25) is 0 Å². The van der Waals surface area contributed by atoms with Crippen LogP contribution >= 0.6 is 0 Å². The van der Waals surface area contributed by atoms with E-state index in [4.69, 9.17) is 23.7 Å². The van der Waals surface area contributed by atoms with E-state index in [-0.39, 0.29) is 25.9 Å². The van der Waals surface area contributed by atoms with Gasteiger partial charge < -0.3 is 39.0 Å². The van der Waals surface area contributed by atoms with Gasteiger partial charge in [0.15, 0.2) is 24.6 Å². The van der Waals surface area contributed by atoms with Crippen molar-refractivity contribution in [2.75, 3.05) is 13.2 Å². The molecule has 0 radical (unpaired) electrons. The second-order valence-electron chi connectivity index (χ2n) is 21.0.